The highest BCUT2D eigenvalue weighted by Crippen LogP contribution is 2.24. The van der Waals surface area contributed by atoms with E-state index in [4.69, 9.17) is 4.74 Å². The minimum atomic E-state index is -0.0126. The van der Waals surface area contributed by atoms with Crippen LogP contribution in [0.2, 0.25) is 0 Å². The van der Waals surface area contributed by atoms with Crippen molar-refractivity contribution in [2.45, 2.75) is 46.0 Å². The highest BCUT2D eigenvalue weighted by molar-refractivity contribution is 5.92. The third-order valence-corrected chi connectivity index (χ3v) is 3.08. The molecule has 0 saturated carbocycles. The van der Waals surface area contributed by atoms with Crippen LogP contribution < -0.4 is 15.4 Å². The first-order chi connectivity index (χ1) is 10.6. The van der Waals surface area contributed by atoms with Crippen molar-refractivity contribution in [3.8, 4) is 5.75 Å². The van der Waals surface area contributed by atoms with E-state index in [0.717, 1.165) is 31.4 Å². The molecule has 5 nitrogen and oxygen atoms in total. The maximum Gasteiger partial charge on any atom is 0.224 e. The molecule has 22 heavy (non-hydrogen) atoms. The van der Waals surface area contributed by atoms with Crippen molar-refractivity contribution in [3.05, 3.63) is 24.3 Å². The molecule has 0 atom stereocenters. The van der Waals surface area contributed by atoms with Gasteiger partial charge in [0.2, 0.25) is 11.8 Å². The maximum absolute atomic E-state index is 11.9. The lowest BCUT2D eigenvalue weighted by atomic mass is 10.2. The molecule has 0 radical (unpaired) electrons. The molecule has 2 N–H and O–H groups in total. The Morgan fingerprint density at radius 2 is 1.91 bits per heavy atom. The molecule has 1 aromatic carbocycles. The minimum absolute atomic E-state index is 0.00734. The lowest BCUT2D eigenvalue weighted by Crippen LogP contribution is -2.20. The number of carbonyl (C=O) groups excluding carboxylic acids is 2. The van der Waals surface area contributed by atoms with E-state index >= 15 is 0 Å². The quantitative estimate of drug-likeness (QED) is 0.653. The average Bonchev–Trinajstić information content (AvgIpc) is 2.49. The van der Waals surface area contributed by atoms with Gasteiger partial charge in [-0.05, 0) is 31.4 Å². The molecule has 0 spiro atoms. The molecule has 5 heteroatoms. The summed E-state index contributed by atoms with van der Waals surface area (Å²) >= 11 is 0. The monoisotopic (exact) mass is 306 g/mol. The number of amides is 2. The summed E-state index contributed by atoms with van der Waals surface area (Å²) in [5.41, 5.74) is 0.721. The molecule has 1 rings (SSSR count). The van der Waals surface area contributed by atoms with Gasteiger partial charge in [-0.2, -0.15) is 0 Å². The van der Waals surface area contributed by atoms with E-state index in [2.05, 4.69) is 10.6 Å². The number of nitrogens with one attached hydrogen (secondary N) is 2. The zero-order valence-corrected chi connectivity index (χ0v) is 13.5. The van der Waals surface area contributed by atoms with Crippen LogP contribution in [0, 0.1) is 0 Å². The molecule has 0 unspecified atom stereocenters. The second kappa shape index (κ2) is 10.7. The van der Waals surface area contributed by atoms with Crippen LogP contribution in [-0.2, 0) is 9.59 Å². The summed E-state index contributed by atoms with van der Waals surface area (Å²) < 4.78 is 5.61. The predicted octanol–water partition coefficient (Wildman–Crippen LogP) is 3.11. The predicted molar refractivity (Wildman–Crippen MR) is 88.0 cm³/mol. The van der Waals surface area contributed by atoms with Gasteiger partial charge >= 0.3 is 0 Å². The van der Waals surface area contributed by atoms with Gasteiger partial charge in [-0.15, -0.1) is 0 Å². The Morgan fingerprint density at radius 1 is 1.14 bits per heavy atom. The number of para-hydroxylation sites is 2. The normalized spacial score (nSPS) is 10.1. The Hall–Kier alpha value is -2.04. The van der Waals surface area contributed by atoms with Crippen LogP contribution in [0.5, 0.6) is 5.75 Å². The smallest absolute Gasteiger partial charge is 0.224 e. The zero-order chi connectivity index (χ0) is 16.2. The molecular weight excluding hydrogens is 280 g/mol. The number of anilines is 1. The van der Waals surface area contributed by atoms with E-state index in [-0.39, 0.29) is 11.8 Å². The Kier molecular flexibility index (Phi) is 8.72. The number of rotatable bonds is 10. The Morgan fingerprint density at radius 3 is 2.64 bits per heavy atom. The minimum Gasteiger partial charge on any atom is -0.491 e. The Balaban J connectivity index is 2.28. The number of unbranched alkanes of at least 4 members (excludes halogenated alkanes) is 2. The Bertz CT molecular complexity index is 475. The summed E-state index contributed by atoms with van der Waals surface area (Å²) in [6, 6.07) is 7.48. The van der Waals surface area contributed by atoms with Crippen molar-refractivity contribution in [3.63, 3.8) is 0 Å². The lowest BCUT2D eigenvalue weighted by Gasteiger charge is -2.11. The van der Waals surface area contributed by atoms with Gasteiger partial charge in [-0.25, -0.2) is 0 Å². The first kappa shape index (κ1) is 18.0. The van der Waals surface area contributed by atoms with E-state index in [0.29, 0.717) is 25.3 Å². The van der Waals surface area contributed by atoms with Crippen molar-refractivity contribution in [2.75, 3.05) is 18.5 Å². The molecule has 0 fully saturated rings. The van der Waals surface area contributed by atoms with Crippen molar-refractivity contribution < 1.29 is 14.3 Å². The first-order valence-electron chi connectivity index (χ1n) is 7.89. The van der Waals surface area contributed by atoms with Crippen LogP contribution in [0.1, 0.15) is 46.0 Å². The molecule has 0 bridgehead atoms. The fourth-order valence-electron chi connectivity index (χ4n) is 1.97. The van der Waals surface area contributed by atoms with Crippen LogP contribution in [0.25, 0.3) is 0 Å². The molecular formula is C17H26N2O3. The van der Waals surface area contributed by atoms with Gasteiger partial charge in [-0.3, -0.25) is 9.59 Å². The van der Waals surface area contributed by atoms with E-state index < -0.39 is 0 Å². The fourth-order valence-corrected chi connectivity index (χ4v) is 1.97. The van der Waals surface area contributed by atoms with Gasteiger partial charge < -0.3 is 15.4 Å². The van der Waals surface area contributed by atoms with Crippen molar-refractivity contribution in [1.82, 2.24) is 5.32 Å². The van der Waals surface area contributed by atoms with Gasteiger partial charge in [0.25, 0.3) is 0 Å². The Labute approximate surface area is 132 Å². The van der Waals surface area contributed by atoms with Crippen LogP contribution in [0.3, 0.4) is 0 Å². The van der Waals surface area contributed by atoms with Crippen molar-refractivity contribution >= 4 is 17.5 Å². The molecule has 0 aliphatic carbocycles. The van der Waals surface area contributed by atoms with Gasteiger partial charge in [0.1, 0.15) is 5.75 Å². The summed E-state index contributed by atoms with van der Waals surface area (Å²) in [5, 5.41) is 5.64. The van der Waals surface area contributed by atoms with Crippen molar-refractivity contribution in [1.29, 1.82) is 0 Å². The molecule has 1 aromatic rings. The summed E-state index contributed by atoms with van der Waals surface area (Å²) in [6.07, 6.45) is 4.02. The van der Waals surface area contributed by atoms with Crippen LogP contribution >= 0.6 is 0 Å². The lowest BCUT2D eigenvalue weighted by molar-refractivity contribution is -0.119. The summed E-state index contributed by atoms with van der Waals surface area (Å²) in [6.45, 7) is 4.86. The molecule has 0 aliphatic rings. The summed E-state index contributed by atoms with van der Waals surface area (Å²) in [4.78, 5) is 22.7. The second-order valence-corrected chi connectivity index (χ2v) is 5.19. The van der Waals surface area contributed by atoms with Gasteiger partial charge in [0.05, 0.1) is 12.3 Å². The van der Waals surface area contributed by atoms with Crippen molar-refractivity contribution in [2.24, 2.45) is 0 Å². The first-order valence-corrected chi connectivity index (χ1v) is 7.89. The summed E-state index contributed by atoms with van der Waals surface area (Å²) in [5.74, 6) is 0.692. The third-order valence-electron chi connectivity index (χ3n) is 3.08. The number of hydrogen-bond acceptors (Lipinski definition) is 3. The maximum atomic E-state index is 11.9. The molecule has 122 valence electrons. The van der Waals surface area contributed by atoms with Crippen LogP contribution in [-0.4, -0.2) is 25.0 Å². The van der Waals surface area contributed by atoms with E-state index in [1.54, 1.807) is 0 Å². The fraction of sp³-hybridized carbons (Fsp3) is 0.529. The van der Waals surface area contributed by atoms with E-state index in [9.17, 15) is 9.59 Å². The van der Waals surface area contributed by atoms with Gasteiger partial charge in [-0.1, -0.05) is 25.5 Å². The third kappa shape index (κ3) is 7.67. The highest BCUT2D eigenvalue weighted by Gasteiger charge is 2.07. The molecule has 0 aliphatic heterocycles. The van der Waals surface area contributed by atoms with Gasteiger partial charge in [0, 0.05) is 19.9 Å². The van der Waals surface area contributed by atoms with Crippen LogP contribution in [0.4, 0.5) is 5.69 Å². The molecule has 0 saturated heterocycles. The number of hydrogen-bond donors (Lipinski definition) is 2. The number of carbonyl (C=O) groups is 2. The van der Waals surface area contributed by atoms with Crippen LogP contribution in [0.15, 0.2) is 24.3 Å². The second-order valence-electron chi connectivity index (χ2n) is 5.19. The van der Waals surface area contributed by atoms with E-state index in [1.165, 1.54) is 6.92 Å². The SMILES string of the molecule is CCCOc1ccccc1NC(=O)CCCCCNC(C)=O. The van der Waals surface area contributed by atoms with Gasteiger partial charge in [0.15, 0.2) is 0 Å². The standard InChI is InChI=1S/C17H26N2O3/c1-3-13-22-16-10-7-6-9-15(16)19-17(21)11-5-4-8-12-18-14(2)20/h6-7,9-10H,3-5,8,11-13H2,1-2H3,(H,18,20)(H,19,21). The number of benzene rings is 1. The average molecular weight is 306 g/mol. The molecule has 2 amide bonds. The highest BCUT2D eigenvalue weighted by atomic mass is 16.5. The topological polar surface area (TPSA) is 67.4 Å². The zero-order valence-electron chi connectivity index (χ0n) is 13.5. The number of ether oxygens (including phenoxy) is 1. The molecule has 0 heterocycles. The summed E-state index contributed by atoms with van der Waals surface area (Å²) in [7, 11) is 0. The largest absolute Gasteiger partial charge is 0.491 e. The molecule has 0 aromatic heterocycles. The van der Waals surface area contributed by atoms with E-state index in [1.807, 2.05) is 31.2 Å².